The van der Waals surface area contributed by atoms with E-state index in [1.807, 2.05) is 18.1 Å². The average molecular weight is 350 g/mol. The molecule has 4 rings (SSSR count). The van der Waals surface area contributed by atoms with Gasteiger partial charge in [-0.05, 0) is 55.2 Å². The topological polar surface area (TPSA) is 37.8 Å². The van der Waals surface area contributed by atoms with Crippen molar-refractivity contribution in [3.63, 3.8) is 0 Å². The van der Waals surface area contributed by atoms with Crippen molar-refractivity contribution in [2.45, 2.75) is 30.7 Å². The number of pyridine rings is 1. The molecule has 1 aromatic heterocycles. The number of aryl methyl sites for hydroxylation is 1. The normalized spacial score (nSPS) is 29.1. The number of methoxy groups -OCH3 is 1. The van der Waals surface area contributed by atoms with Gasteiger partial charge in [-0.3, -0.25) is 4.90 Å². The van der Waals surface area contributed by atoms with E-state index >= 15 is 0 Å². The lowest BCUT2D eigenvalue weighted by Crippen LogP contribution is -2.39. The van der Waals surface area contributed by atoms with E-state index in [2.05, 4.69) is 27.2 Å². The maximum atomic E-state index is 5.51. The van der Waals surface area contributed by atoms with Crippen molar-refractivity contribution in [3.8, 4) is 5.88 Å². The summed E-state index contributed by atoms with van der Waals surface area (Å²) in [6, 6.07) is 2.94. The lowest BCUT2D eigenvalue weighted by molar-refractivity contribution is 0.0394. The van der Waals surface area contributed by atoms with Gasteiger partial charge in [-0.25, -0.2) is 9.29 Å². The maximum Gasteiger partial charge on any atom is 0.228 e. The zero-order chi connectivity index (χ0) is 16.5. The van der Waals surface area contributed by atoms with Crippen molar-refractivity contribution in [2.24, 2.45) is 11.8 Å². The number of ether oxygens (including phenoxy) is 2. The molecular formula is C18H27N3O2S. The molecule has 0 spiro atoms. The van der Waals surface area contributed by atoms with Crippen molar-refractivity contribution in [3.05, 3.63) is 17.8 Å². The van der Waals surface area contributed by atoms with Gasteiger partial charge in [-0.1, -0.05) is 0 Å². The highest BCUT2D eigenvalue weighted by molar-refractivity contribution is 7.97. The molecule has 0 aliphatic carbocycles. The smallest absolute Gasteiger partial charge is 0.228 e. The summed E-state index contributed by atoms with van der Waals surface area (Å²) in [7, 11) is 1.70. The minimum Gasteiger partial charge on any atom is -0.480 e. The number of rotatable bonds is 4. The van der Waals surface area contributed by atoms with Gasteiger partial charge in [0.15, 0.2) is 0 Å². The van der Waals surface area contributed by atoms with Crippen molar-refractivity contribution < 1.29 is 9.47 Å². The van der Waals surface area contributed by atoms with Crippen molar-refractivity contribution in [2.75, 3.05) is 46.5 Å². The van der Waals surface area contributed by atoms with E-state index in [4.69, 9.17) is 9.47 Å². The number of likely N-dealkylation sites (tertiary alicyclic amines) is 1. The van der Waals surface area contributed by atoms with Crippen LogP contribution in [0.25, 0.3) is 0 Å². The van der Waals surface area contributed by atoms with E-state index in [0.29, 0.717) is 0 Å². The fraction of sp³-hybridized carbons (Fsp3) is 0.722. The third-order valence-electron chi connectivity index (χ3n) is 5.56. The first-order chi connectivity index (χ1) is 11.7. The molecule has 0 radical (unpaired) electrons. The van der Waals surface area contributed by atoms with Gasteiger partial charge in [0.1, 0.15) is 0 Å². The fourth-order valence-corrected chi connectivity index (χ4v) is 5.56. The van der Waals surface area contributed by atoms with Crippen LogP contribution in [0, 0.1) is 18.8 Å². The Morgan fingerprint density at radius 3 is 2.54 bits per heavy atom. The van der Waals surface area contributed by atoms with Gasteiger partial charge < -0.3 is 9.47 Å². The minimum atomic E-state index is 0.742. The summed E-state index contributed by atoms with van der Waals surface area (Å²) >= 11 is 1.82. The van der Waals surface area contributed by atoms with Gasteiger partial charge in [0.25, 0.3) is 0 Å². The monoisotopic (exact) mass is 349 g/mol. The maximum absolute atomic E-state index is 5.51. The largest absolute Gasteiger partial charge is 0.480 e. The van der Waals surface area contributed by atoms with E-state index in [9.17, 15) is 0 Å². The summed E-state index contributed by atoms with van der Waals surface area (Å²) in [5, 5.41) is 0. The minimum absolute atomic E-state index is 0.742. The Morgan fingerprint density at radius 2 is 1.88 bits per heavy atom. The molecule has 0 amide bonds. The molecule has 2 atom stereocenters. The molecule has 5 nitrogen and oxygen atoms in total. The lowest BCUT2D eigenvalue weighted by Gasteiger charge is -2.32. The number of aromatic nitrogens is 1. The van der Waals surface area contributed by atoms with Crippen LogP contribution in [-0.4, -0.2) is 66.7 Å². The van der Waals surface area contributed by atoms with E-state index in [1.165, 1.54) is 44.6 Å². The Bertz CT molecular complexity index is 565. The third-order valence-corrected chi connectivity index (χ3v) is 6.61. The molecule has 3 aliphatic heterocycles. The van der Waals surface area contributed by atoms with E-state index in [-0.39, 0.29) is 0 Å². The molecule has 6 heteroatoms. The van der Waals surface area contributed by atoms with Crippen LogP contribution >= 0.6 is 11.9 Å². The second-order valence-electron chi connectivity index (χ2n) is 7.28. The highest BCUT2D eigenvalue weighted by atomic mass is 32.2. The Hall–Kier alpha value is -0.820. The highest BCUT2D eigenvalue weighted by Gasteiger charge is 2.42. The number of nitrogens with zero attached hydrogens (tertiary/aromatic N) is 3. The summed E-state index contributed by atoms with van der Waals surface area (Å²) in [6.45, 7) is 8.84. The van der Waals surface area contributed by atoms with Gasteiger partial charge in [-0.15, -0.1) is 0 Å². The molecular weight excluding hydrogens is 322 g/mol. The second-order valence-corrected chi connectivity index (χ2v) is 8.41. The van der Waals surface area contributed by atoms with Crippen LogP contribution in [0.5, 0.6) is 5.88 Å². The third kappa shape index (κ3) is 3.43. The van der Waals surface area contributed by atoms with Crippen LogP contribution in [0.4, 0.5) is 0 Å². The molecule has 0 N–H and O–H groups in total. The molecule has 24 heavy (non-hydrogen) atoms. The summed E-state index contributed by atoms with van der Waals surface area (Å²) in [5.41, 5.74) is 1.18. The quantitative estimate of drug-likeness (QED) is 0.778. The van der Waals surface area contributed by atoms with Gasteiger partial charge in [0, 0.05) is 51.6 Å². The molecule has 3 aliphatic rings. The zero-order valence-corrected chi connectivity index (χ0v) is 15.4. The molecule has 3 fully saturated rings. The van der Waals surface area contributed by atoms with Crippen molar-refractivity contribution >= 4 is 11.9 Å². The lowest BCUT2D eigenvalue weighted by atomic mass is 10.0. The van der Waals surface area contributed by atoms with Crippen LogP contribution in [0.2, 0.25) is 0 Å². The first kappa shape index (κ1) is 16.6. The summed E-state index contributed by atoms with van der Waals surface area (Å²) in [4.78, 5) is 8.26. The molecule has 0 aromatic carbocycles. The first-order valence-electron chi connectivity index (χ1n) is 8.98. The predicted molar refractivity (Wildman–Crippen MR) is 95.4 cm³/mol. The number of hydrogen-bond donors (Lipinski definition) is 0. The van der Waals surface area contributed by atoms with Crippen LogP contribution < -0.4 is 4.74 Å². The summed E-state index contributed by atoms with van der Waals surface area (Å²) in [6.07, 6.45) is 4.29. The zero-order valence-electron chi connectivity index (χ0n) is 14.6. The van der Waals surface area contributed by atoms with Crippen LogP contribution in [0.15, 0.2) is 17.2 Å². The van der Waals surface area contributed by atoms with E-state index in [1.54, 1.807) is 7.11 Å². The molecule has 4 heterocycles. The first-order valence-corrected chi connectivity index (χ1v) is 9.75. The van der Waals surface area contributed by atoms with E-state index in [0.717, 1.165) is 41.9 Å². The van der Waals surface area contributed by atoms with Gasteiger partial charge in [0.05, 0.1) is 12.0 Å². The van der Waals surface area contributed by atoms with Crippen molar-refractivity contribution in [1.82, 2.24) is 14.2 Å². The molecule has 132 valence electrons. The summed E-state index contributed by atoms with van der Waals surface area (Å²) in [5.74, 6) is 2.36. The highest BCUT2D eigenvalue weighted by Crippen LogP contribution is 2.40. The number of fused-ring (bicyclic) bond motifs is 1. The Balaban J connectivity index is 1.35. The number of hydrogen-bond acceptors (Lipinski definition) is 6. The molecule has 0 saturated carbocycles. The van der Waals surface area contributed by atoms with Gasteiger partial charge in [-0.2, -0.15) is 0 Å². The van der Waals surface area contributed by atoms with Gasteiger partial charge in [0.2, 0.25) is 5.88 Å². The SMILES string of the molecule is COc1ncc(C)cc1SN1CC2CN(C3CCOCC3)CC2C1. The molecule has 1 aromatic rings. The fourth-order valence-electron chi connectivity index (χ4n) is 4.30. The Morgan fingerprint density at radius 1 is 1.17 bits per heavy atom. The van der Waals surface area contributed by atoms with Crippen molar-refractivity contribution in [1.29, 1.82) is 0 Å². The molecule has 0 bridgehead atoms. The Kier molecular flexibility index (Phi) is 4.99. The predicted octanol–water partition coefficient (Wildman–Crippen LogP) is 2.45. The van der Waals surface area contributed by atoms with Crippen LogP contribution in [0.1, 0.15) is 18.4 Å². The van der Waals surface area contributed by atoms with Crippen LogP contribution in [-0.2, 0) is 4.74 Å². The van der Waals surface area contributed by atoms with E-state index < -0.39 is 0 Å². The molecule has 2 unspecified atom stereocenters. The molecule has 3 saturated heterocycles. The average Bonchev–Trinajstić information content (AvgIpc) is 3.14. The van der Waals surface area contributed by atoms with Gasteiger partial charge >= 0.3 is 0 Å². The second kappa shape index (κ2) is 7.20. The van der Waals surface area contributed by atoms with Crippen LogP contribution in [0.3, 0.4) is 0 Å². The Labute approximate surface area is 148 Å². The standard InChI is InChI=1S/C18H27N3O2S/c1-13-7-17(18(22-2)19-8-13)24-21-11-14-9-20(10-15(14)12-21)16-3-5-23-6-4-16/h7-8,14-16H,3-6,9-12H2,1-2H3. The summed E-state index contributed by atoms with van der Waals surface area (Å²) < 4.78 is 13.4.